The lowest BCUT2D eigenvalue weighted by atomic mass is 9.99. The maximum atomic E-state index is 9.10. The van der Waals surface area contributed by atoms with Gasteiger partial charge in [0, 0.05) is 12.3 Å². The summed E-state index contributed by atoms with van der Waals surface area (Å²) in [7, 11) is 0. The average molecular weight is 475 g/mol. The van der Waals surface area contributed by atoms with Crippen molar-refractivity contribution in [2.24, 2.45) is 5.92 Å². The van der Waals surface area contributed by atoms with Gasteiger partial charge in [0.1, 0.15) is 5.82 Å². The van der Waals surface area contributed by atoms with E-state index in [1.165, 1.54) is 25.9 Å². The van der Waals surface area contributed by atoms with E-state index >= 15 is 0 Å². The van der Waals surface area contributed by atoms with E-state index in [9.17, 15) is 0 Å². The van der Waals surface area contributed by atoms with Gasteiger partial charge in [0.05, 0.1) is 15.7 Å². The van der Waals surface area contributed by atoms with Crippen LogP contribution in [0, 0.1) is 12.8 Å². The molecule has 0 atom stereocenters. The SMILES string of the molecule is Cc1nc(SCCN2CCC(C)CC2)nn1-c1ccc(Cl)c(Cl)c1.O=C(O)C(=O)O. The highest BCUT2D eigenvalue weighted by Crippen LogP contribution is 2.25. The van der Waals surface area contributed by atoms with Crippen molar-refractivity contribution in [2.75, 3.05) is 25.4 Å². The molecule has 2 heterocycles. The van der Waals surface area contributed by atoms with E-state index in [1.54, 1.807) is 17.8 Å². The van der Waals surface area contributed by atoms with Crippen LogP contribution in [0.4, 0.5) is 0 Å². The molecule has 0 amide bonds. The lowest BCUT2D eigenvalue weighted by Gasteiger charge is -2.29. The molecule has 0 radical (unpaired) electrons. The quantitative estimate of drug-likeness (QED) is 0.496. The zero-order valence-corrected chi connectivity index (χ0v) is 19.0. The number of piperidine rings is 1. The van der Waals surface area contributed by atoms with Crippen molar-refractivity contribution in [3.05, 3.63) is 34.1 Å². The van der Waals surface area contributed by atoms with Crippen LogP contribution in [0.2, 0.25) is 10.0 Å². The molecule has 164 valence electrons. The number of aliphatic carboxylic acids is 2. The zero-order chi connectivity index (χ0) is 22.3. The highest BCUT2D eigenvalue weighted by atomic mass is 35.5. The van der Waals surface area contributed by atoms with Crippen molar-refractivity contribution in [1.29, 1.82) is 0 Å². The van der Waals surface area contributed by atoms with Crippen molar-refractivity contribution >= 4 is 46.9 Å². The molecular weight excluding hydrogens is 451 g/mol. The Labute approximate surface area is 189 Å². The predicted octanol–water partition coefficient (Wildman–Crippen LogP) is 3.86. The molecule has 0 saturated carbocycles. The van der Waals surface area contributed by atoms with Gasteiger partial charge in [0.25, 0.3) is 0 Å². The van der Waals surface area contributed by atoms with Gasteiger partial charge in [-0.1, -0.05) is 41.9 Å². The molecule has 2 N–H and O–H groups in total. The lowest BCUT2D eigenvalue weighted by molar-refractivity contribution is -0.159. The average Bonchev–Trinajstić information content (AvgIpc) is 3.06. The highest BCUT2D eigenvalue weighted by molar-refractivity contribution is 7.99. The molecule has 2 aromatic rings. The third kappa shape index (κ3) is 7.46. The molecule has 3 rings (SSSR count). The first-order valence-corrected chi connectivity index (χ1v) is 11.1. The van der Waals surface area contributed by atoms with Crippen molar-refractivity contribution in [3.8, 4) is 5.69 Å². The summed E-state index contributed by atoms with van der Waals surface area (Å²) in [6.45, 7) is 7.82. The maximum Gasteiger partial charge on any atom is 0.414 e. The standard InChI is InChI=1S/C17H22Cl2N4S.C2H2O4/c1-12-5-7-22(8-6-12)9-10-24-17-20-13(2)23(21-17)14-3-4-15(18)16(19)11-14;3-1(4)2(5)6/h3-4,11-12H,5-10H2,1-2H3;(H,3,4)(H,5,6). The van der Waals surface area contributed by atoms with Gasteiger partial charge in [-0.2, -0.15) is 0 Å². The summed E-state index contributed by atoms with van der Waals surface area (Å²) in [5, 5.41) is 21.3. The van der Waals surface area contributed by atoms with Gasteiger partial charge >= 0.3 is 11.9 Å². The van der Waals surface area contributed by atoms with Crippen LogP contribution >= 0.6 is 35.0 Å². The van der Waals surface area contributed by atoms with Crippen LogP contribution in [0.1, 0.15) is 25.6 Å². The Morgan fingerprint density at radius 3 is 2.37 bits per heavy atom. The first-order valence-electron chi connectivity index (χ1n) is 9.37. The van der Waals surface area contributed by atoms with Crippen LogP contribution in [0.5, 0.6) is 0 Å². The minimum Gasteiger partial charge on any atom is -0.473 e. The van der Waals surface area contributed by atoms with Gasteiger partial charge < -0.3 is 15.1 Å². The predicted molar refractivity (Wildman–Crippen MR) is 117 cm³/mol. The number of halogens is 2. The smallest absolute Gasteiger partial charge is 0.414 e. The second-order valence-electron chi connectivity index (χ2n) is 6.93. The molecule has 1 aromatic heterocycles. The van der Waals surface area contributed by atoms with Crippen molar-refractivity contribution in [1.82, 2.24) is 19.7 Å². The summed E-state index contributed by atoms with van der Waals surface area (Å²) in [5.74, 6) is -0.910. The first kappa shape index (κ1) is 24.5. The third-order valence-electron chi connectivity index (χ3n) is 4.60. The normalized spacial score (nSPS) is 14.8. The second-order valence-corrected chi connectivity index (χ2v) is 8.81. The number of likely N-dealkylation sites (tertiary alicyclic amines) is 1. The molecule has 1 fully saturated rings. The molecule has 30 heavy (non-hydrogen) atoms. The fourth-order valence-corrected chi connectivity index (χ4v) is 4.00. The Bertz CT molecular complexity index is 873. The molecule has 1 saturated heterocycles. The fraction of sp³-hybridized carbons (Fsp3) is 0.474. The molecule has 1 aliphatic rings. The monoisotopic (exact) mass is 474 g/mol. The number of rotatable bonds is 5. The van der Waals surface area contributed by atoms with Crippen LogP contribution in [-0.4, -0.2) is 67.2 Å². The lowest BCUT2D eigenvalue weighted by Crippen LogP contribution is -2.34. The van der Waals surface area contributed by atoms with Gasteiger partial charge in [0.2, 0.25) is 5.16 Å². The van der Waals surface area contributed by atoms with Crippen LogP contribution in [0.3, 0.4) is 0 Å². The van der Waals surface area contributed by atoms with E-state index in [-0.39, 0.29) is 0 Å². The van der Waals surface area contributed by atoms with Crippen molar-refractivity contribution in [2.45, 2.75) is 31.8 Å². The van der Waals surface area contributed by atoms with E-state index < -0.39 is 11.9 Å². The Hall–Kier alpha value is -1.81. The number of hydrogen-bond donors (Lipinski definition) is 2. The third-order valence-corrected chi connectivity index (χ3v) is 6.15. The molecule has 0 bridgehead atoms. The summed E-state index contributed by atoms with van der Waals surface area (Å²) in [4.78, 5) is 25.3. The molecular formula is C19H24Cl2N4O4S. The number of carboxylic acid groups (broad SMARTS) is 2. The van der Waals surface area contributed by atoms with E-state index in [4.69, 9.17) is 43.0 Å². The van der Waals surface area contributed by atoms with Gasteiger partial charge in [-0.3, -0.25) is 0 Å². The minimum absolute atomic E-state index is 0.526. The van der Waals surface area contributed by atoms with Crippen molar-refractivity contribution < 1.29 is 19.8 Å². The molecule has 0 unspecified atom stereocenters. The Kier molecular flexibility index (Phi) is 9.41. The Morgan fingerprint density at radius 1 is 1.17 bits per heavy atom. The van der Waals surface area contributed by atoms with Crippen LogP contribution in [0.25, 0.3) is 5.69 Å². The second kappa shape index (κ2) is 11.5. The molecule has 11 heteroatoms. The van der Waals surface area contributed by atoms with Crippen LogP contribution in [0.15, 0.2) is 23.4 Å². The highest BCUT2D eigenvalue weighted by Gasteiger charge is 2.16. The number of carbonyl (C=O) groups is 2. The van der Waals surface area contributed by atoms with Crippen molar-refractivity contribution in [3.63, 3.8) is 0 Å². The number of thioether (sulfide) groups is 1. The van der Waals surface area contributed by atoms with E-state index in [2.05, 4.69) is 21.9 Å². The molecule has 1 aliphatic heterocycles. The number of aryl methyl sites for hydroxylation is 1. The number of benzene rings is 1. The van der Waals surface area contributed by atoms with E-state index in [0.29, 0.717) is 10.0 Å². The van der Waals surface area contributed by atoms with Gasteiger partial charge in [-0.05, 0) is 57.0 Å². The topological polar surface area (TPSA) is 109 Å². The summed E-state index contributed by atoms with van der Waals surface area (Å²) >= 11 is 13.8. The number of hydrogen-bond acceptors (Lipinski definition) is 6. The Balaban J connectivity index is 0.000000469. The Morgan fingerprint density at radius 2 is 1.80 bits per heavy atom. The minimum atomic E-state index is -1.82. The fourth-order valence-electron chi connectivity index (χ4n) is 2.84. The summed E-state index contributed by atoms with van der Waals surface area (Å²) < 4.78 is 1.81. The van der Waals surface area contributed by atoms with Crippen LogP contribution < -0.4 is 0 Å². The van der Waals surface area contributed by atoms with Gasteiger partial charge in [0.15, 0.2) is 0 Å². The molecule has 0 aliphatic carbocycles. The molecule has 0 spiro atoms. The summed E-state index contributed by atoms with van der Waals surface area (Å²) in [6.07, 6.45) is 2.63. The summed E-state index contributed by atoms with van der Waals surface area (Å²) in [6, 6.07) is 5.50. The number of nitrogens with zero attached hydrogens (tertiary/aromatic N) is 4. The summed E-state index contributed by atoms with van der Waals surface area (Å²) in [5.41, 5.74) is 0.881. The van der Waals surface area contributed by atoms with Gasteiger partial charge in [-0.25, -0.2) is 19.3 Å². The number of carboxylic acids is 2. The zero-order valence-electron chi connectivity index (χ0n) is 16.7. The first-order chi connectivity index (χ1) is 14.2. The van der Waals surface area contributed by atoms with E-state index in [1.807, 2.05) is 23.7 Å². The molecule has 1 aromatic carbocycles. The number of aromatic nitrogens is 3. The maximum absolute atomic E-state index is 9.10. The van der Waals surface area contributed by atoms with E-state index in [0.717, 1.165) is 34.9 Å². The molecule has 8 nitrogen and oxygen atoms in total. The largest absolute Gasteiger partial charge is 0.473 e. The van der Waals surface area contributed by atoms with Crippen LogP contribution in [-0.2, 0) is 9.59 Å². The van der Waals surface area contributed by atoms with Gasteiger partial charge in [-0.15, -0.1) is 5.10 Å².